The van der Waals surface area contributed by atoms with Crippen LogP contribution in [0.5, 0.6) is 0 Å². The first kappa shape index (κ1) is 11.0. The first-order chi connectivity index (χ1) is 4.29. The molecule has 1 nitrogen and oxygen atoms in total. The van der Waals surface area contributed by atoms with E-state index in [1.807, 2.05) is 0 Å². The third-order valence-electron chi connectivity index (χ3n) is 1.63. The maximum atomic E-state index is 5.53. The van der Waals surface area contributed by atoms with E-state index in [0.717, 1.165) is 5.54 Å². The average Bonchev–Trinajstić information content (AvgIpc) is 2.15. The van der Waals surface area contributed by atoms with Crippen LogP contribution < -0.4 is 12.4 Å². The van der Waals surface area contributed by atoms with E-state index in [-0.39, 0.29) is 12.4 Å². The molecule has 0 heterocycles. The number of halogens is 2. The van der Waals surface area contributed by atoms with E-state index < -0.39 is 0 Å². The van der Waals surface area contributed by atoms with Gasteiger partial charge in [0.1, 0.15) is 0 Å². The summed E-state index contributed by atoms with van der Waals surface area (Å²) in [5.74, 6) is 0. The summed E-state index contributed by atoms with van der Waals surface area (Å²) in [4.78, 5) is 0. The van der Waals surface area contributed by atoms with E-state index in [1.165, 1.54) is 25.7 Å². The summed E-state index contributed by atoms with van der Waals surface area (Å²) in [6, 6.07) is 0. The number of hydrogen-bond donors (Lipinski definition) is 0. The van der Waals surface area contributed by atoms with Crippen molar-refractivity contribution in [2.24, 2.45) is 0 Å². The van der Waals surface area contributed by atoms with Gasteiger partial charge in [-0.25, -0.2) is 0 Å². The normalized spacial score (nSPS) is 19.5. The SMILES string of the molecule is [Cl-].[Si][O+](Cl)[Si]C1CCCC1. The molecule has 0 aromatic carbocycles. The highest BCUT2D eigenvalue weighted by Gasteiger charge is 2.26. The second-order valence-electron chi connectivity index (χ2n) is 2.36. The van der Waals surface area contributed by atoms with E-state index in [0.29, 0.717) is 9.76 Å². The Kier molecular flexibility index (Phi) is 6.15. The van der Waals surface area contributed by atoms with Crippen molar-refractivity contribution in [2.75, 3.05) is 0 Å². The lowest BCUT2D eigenvalue weighted by Gasteiger charge is -2.03. The van der Waals surface area contributed by atoms with Crippen LogP contribution in [0.25, 0.3) is 0 Å². The van der Waals surface area contributed by atoms with Crippen molar-refractivity contribution in [3.05, 3.63) is 0 Å². The fraction of sp³-hybridized carbons (Fsp3) is 1.00. The van der Waals surface area contributed by atoms with Crippen molar-refractivity contribution in [2.45, 2.75) is 31.2 Å². The van der Waals surface area contributed by atoms with Crippen LogP contribution in [0, 0.1) is 0 Å². The van der Waals surface area contributed by atoms with Crippen LogP contribution in [0.1, 0.15) is 25.7 Å². The minimum Gasteiger partial charge on any atom is -1.00 e. The van der Waals surface area contributed by atoms with E-state index in [9.17, 15) is 0 Å². The molecule has 0 unspecified atom stereocenters. The van der Waals surface area contributed by atoms with Crippen LogP contribution in [-0.4, -0.2) is 20.2 Å². The van der Waals surface area contributed by atoms with Gasteiger partial charge in [0, 0.05) is 5.54 Å². The van der Waals surface area contributed by atoms with Crippen LogP contribution in [-0.2, 0) is 3.30 Å². The smallest absolute Gasteiger partial charge is 0.617 e. The Balaban J connectivity index is 0.000000810. The highest BCUT2D eigenvalue weighted by molar-refractivity contribution is 6.48. The first-order valence-corrected chi connectivity index (χ1v) is 4.87. The summed E-state index contributed by atoms with van der Waals surface area (Å²) >= 11 is 5.53. The standard InChI is InChI=1S/C5H9ClOSi2.ClH/c6-7(8)9-5-3-1-2-4-5;/h5H,1-4H2;1H/q+1;/p-1. The lowest BCUT2D eigenvalue weighted by atomic mass is 10.4. The van der Waals surface area contributed by atoms with Crippen LogP contribution in [0.4, 0.5) is 0 Å². The summed E-state index contributed by atoms with van der Waals surface area (Å²) < 4.78 is 2.30. The van der Waals surface area contributed by atoms with Crippen molar-refractivity contribution in [1.82, 2.24) is 0 Å². The third kappa shape index (κ3) is 3.98. The second-order valence-corrected chi connectivity index (χ2v) is 5.46. The summed E-state index contributed by atoms with van der Waals surface area (Å²) in [6.07, 6.45) is 5.46. The maximum Gasteiger partial charge on any atom is 0.617 e. The molecule has 0 bridgehead atoms. The van der Waals surface area contributed by atoms with E-state index in [4.69, 9.17) is 11.9 Å². The minimum atomic E-state index is 0. The van der Waals surface area contributed by atoms with Gasteiger partial charge in [0.15, 0.2) is 0 Å². The molecule has 1 fully saturated rings. The highest BCUT2D eigenvalue weighted by atomic mass is 35.5. The van der Waals surface area contributed by atoms with E-state index >= 15 is 0 Å². The van der Waals surface area contributed by atoms with E-state index in [2.05, 4.69) is 13.8 Å². The zero-order valence-electron chi connectivity index (χ0n) is 5.57. The molecule has 1 rings (SSSR count). The second kappa shape index (κ2) is 5.60. The van der Waals surface area contributed by atoms with Gasteiger partial charge < -0.3 is 15.7 Å². The predicted molar refractivity (Wildman–Crippen MR) is 40.7 cm³/mol. The van der Waals surface area contributed by atoms with Crippen LogP contribution in [0.15, 0.2) is 0 Å². The van der Waals surface area contributed by atoms with Crippen molar-refractivity contribution in [3.8, 4) is 0 Å². The molecular formula is C5H9Cl2OSi2. The molecule has 1 saturated carbocycles. The molecule has 1 aliphatic carbocycles. The van der Waals surface area contributed by atoms with Gasteiger partial charge in [-0.05, 0) is 12.8 Å². The maximum absolute atomic E-state index is 5.53. The monoisotopic (exact) mass is 211 g/mol. The van der Waals surface area contributed by atoms with Gasteiger partial charge in [0.05, 0.1) is 0 Å². The molecule has 10 heavy (non-hydrogen) atoms. The summed E-state index contributed by atoms with van der Waals surface area (Å²) in [5, 5.41) is 0. The fourth-order valence-electron chi connectivity index (χ4n) is 1.19. The Morgan fingerprint density at radius 3 is 2.30 bits per heavy atom. The molecule has 1 aliphatic rings. The Morgan fingerprint density at radius 2 is 1.90 bits per heavy atom. The van der Waals surface area contributed by atoms with Crippen LogP contribution in [0.3, 0.4) is 0 Å². The molecule has 5 heteroatoms. The quantitative estimate of drug-likeness (QED) is 0.398. The van der Waals surface area contributed by atoms with Crippen LogP contribution >= 0.6 is 11.9 Å². The van der Waals surface area contributed by atoms with Gasteiger partial charge in [0.2, 0.25) is 11.9 Å². The number of hydrogen-bond acceptors (Lipinski definition) is 0. The Bertz CT molecular complexity index is 85.7. The Morgan fingerprint density at radius 1 is 1.40 bits per heavy atom. The van der Waals surface area contributed by atoms with Gasteiger partial charge in [-0.1, -0.05) is 12.8 Å². The van der Waals surface area contributed by atoms with Gasteiger partial charge in [-0.2, -0.15) is 0 Å². The van der Waals surface area contributed by atoms with Crippen LogP contribution in [0.2, 0.25) is 5.54 Å². The van der Waals surface area contributed by atoms with Gasteiger partial charge in [-0.3, -0.25) is 0 Å². The van der Waals surface area contributed by atoms with Crippen molar-refractivity contribution >= 4 is 32.1 Å². The molecule has 5 radical (unpaired) electrons. The molecule has 0 atom stereocenters. The van der Waals surface area contributed by atoms with Crippen molar-refractivity contribution < 1.29 is 15.7 Å². The summed E-state index contributed by atoms with van der Waals surface area (Å²) in [6.45, 7) is 0. The molecule has 0 aromatic rings. The fourth-order valence-corrected chi connectivity index (χ4v) is 3.00. The lowest BCUT2D eigenvalue weighted by Crippen LogP contribution is -3.00. The molecule has 0 amide bonds. The molecule has 0 aliphatic heterocycles. The third-order valence-corrected chi connectivity index (χ3v) is 3.36. The Labute approximate surface area is 79.2 Å². The van der Waals surface area contributed by atoms with Gasteiger partial charge >= 0.3 is 20.2 Å². The number of rotatable bonds is 2. The van der Waals surface area contributed by atoms with E-state index in [1.54, 1.807) is 0 Å². The first-order valence-electron chi connectivity index (χ1n) is 3.17. The lowest BCUT2D eigenvalue weighted by molar-refractivity contribution is -0.00000203. The zero-order valence-corrected chi connectivity index (χ0v) is 9.08. The highest BCUT2D eigenvalue weighted by Crippen LogP contribution is 2.30. The molecule has 0 aromatic heterocycles. The zero-order chi connectivity index (χ0) is 6.69. The van der Waals surface area contributed by atoms with Crippen molar-refractivity contribution in [1.29, 1.82) is 0 Å². The largest absolute Gasteiger partial charge is 1.00 e. The topological polar surface area (TPSA) is 2.70 Å². The van der Waals surface area contributed by atoms with Gasteiger partial charge in [-0.15, -0.1) is 0 Å². The molecule has 0 N–H and O–H groups in total. The Hall–Kier alpha value is 0.974. The average molecular weight is 212 g/mol. The molecule has 57 valence electrons. The summed E-state index contributed by atoms with van der Waals surface area (Å²) in [7, 11) is 3.83. The summed E-state index contributed by atoms with van der Waals surface area (Å²) in [5.41, 5.74) is 0.824. The van der Waals surface area contributed by atoms with Gasteiger partial charge in [0.25, 0.3) is 0 Å². The predicted octanol–water partition coefficient (Wildman–Crippen LogP) is -1.24. The minimum absolute atomic E-state index is 0. The molecular weight excluding hydrogens is 203 g/mol. The molecule has 0 saturated heterocycles. The molecule has 0 spiro atoms. The van der Waals surface area contributed by atoms with Crippen molar-refractivity contribution in [3.63, 3.8) is 0 Å².